The molecule has 2 aromatic heterocycles. The van der Waals surface area contributed by atoms with E-state index in [0.717, 1.165) is 69.7 Å². The SMILES string of the molecule is CCc1cc(O[Si](C)(C)C(C)(C)C)ccc1N=C(N)c1cnn2cc(-c3cccc(CCO)c3)cc2c1N[C@@H]1CC[C@](C)(N)C1(C)C. The number of aryl methyl sites for hydroxylation is 1. The highest BCUT2D eigenvalue weighted by Gasteiger charge is 2.49. The molecule has 0 saturated heterocycles. The molecular weight excluding hydrogens is 601 g/mol. The van der Waals surface area contributed by atoms with Crippen molar-refractivity contribution in [1.82, 2.24) is 9.61 Å². The summed E-state index contributed by atoms with van der Waals surface area (Å²) in [4.78, 5) is 5.00. The van der Waals surface area contributed by atoms with E-state index in [-0.39, 0.29) is 28.6 Å². The number of hydrogen-bond donors (Lipinski definition) is 4. The van der Waals surface area contributed by atoms with Crippen molar-refractivity contribution >= 4 is 31.0 Å². The number of aromatic nitrogens is 2. The molecule has 1 aliphatic rings. The smallest absolute Gasteiger partial charge is 0.250 e. The van der Waals surface area contributed by atoms with Crippen LogP contribution in [0.25, 0.3) is 16.6 Å². The first-order chi connectivity index (χ1) is 22.0. The van der Waals surface area contributed by atoms with Gasteiger partial charge in [0.05, 0.1) is 28.7 Å². The molecule has 0 aliphatic heterocycles. The molecule has 2 atom stereocenters. The van der Waals surface area contributed by atoms with Gasteiger partial charge < -0.3 is 26.3 Å². The van der Waals surface area contributed by atoms with Crippen molar-refractivity contribution < 1.29 is 9.53 Å². The number of fused-ring (bicyclic) bond motifs is 1. The predicted octanol–water partition coefficient (Wildman–Crippen LogP) is 7.84. The van der Waals surface area contributed by atoms with Gasteiger partial charge in [0.25, 0.3) is 0 Å². The maximum atomic E-state index is 9.50. The Morgan fingerprint density at radius 1 is 1.13 bits per heavy atom. The Balaban J connectivity index is 1.59. The highest BCUT2D eigenvalue weighted by atomic mass is 28.4. The molecule has 5 rings (SSSR count). The molecule has 9 heteroatoms. The van der Waals surface area contributed by atoms with Crippen LogP contribution in [0.2, 0.25) is 18.1 Å². The number of aliphatic imine (C=N–C) groups is 1. The maximum Gasteiger partial charge on any atom is 0.250 e. The lowest BCUT2D eigenvalue weighted by Crippen LogP contribution is -2.51. The fourth-order valence-corrected chi connectivity index (χ4v) is 7.23. The molecule has 0 amide bonds. The summed E-state index contributed by atoms with van der Waals surface area (Å²) >= 11 is 0. The number of nitrogens with zero attached hydrogens (tertiary/aromatic N) is 3. The van der Waals surface area contributed by atoms with Crippen LogP contribution in [-0.2, 0) is 12.8 Å². The van der Waals surface area contributed by atoms with Crippen LogP contribution < -0.4 is 21.2 Å². The van der Waals surface area contributed by atoms with Gasteiger partial charge in [0.2, 0.25) is 8.32 Å². The zero-order valence-electron chi connectivity index (χ0n) is 29.7. The van der Waals surface area contributed by atoms with E-state index in [1.807, 2.05) is 41.2 Å². The first kappa shape index (κ1) is 34.7. The molecule has 0 radical (unpaired) electrons. The second kappa shape index (κ2) is 12.7. The summed E-state index contributed by atoms with van der Waals surface area (Å²) in [5.41, 5.74) is 20.9. The molecule has 252 valence electrons. The van der Waals surface area contributed by atoms with Gasteiger partial charge in [-0.3, -0.25) is 0 Å². The molecular formula is C38H54N6O2Si. The van der Waals surface area contributed by atoms with Crippen molar-refractivity contribution in [2.24, 2.45) is 21.9 Å². The number of amidine groups is 1. The van der Waals surface area contributed by atoms with E-state index in [0.29, 0.717) is 12.3 Å². The molecule has 8 nitrogen and oxygen atoms in total. The van der Waals surface area contributed by atoms with Crippen LogP contribution in [0.1, 0.15) is 78.0 Å². The predicted molar refractivity (Wildman–Crippen MR) is 198 cm³/mol. The van der Waals surface area contributed by atoms with E-state index in [9.17, 15) is 5.11 Å². The normalized spacial score (nSPS) is 20.1. The van der Waals surface area contributed by atoms with Crippen LogP contribution in [0.3, 0.4) is 0 Å². The molecule has 2 aromatic carbocycles. The third-order valence-corrected chi connectivity index (χ3v) is 15.4. The van der Waals surface area contributed by atoms with Crippen LogP contribution >= 0.6 is 0 Å². The van der Waals surface area contributed by atoms with E-state index >= 15 is 0 Å². The monoisotopic (exact) mass is 654 g/mol. The highest BCUT2D eigenvalue weighted by Crippen LogP contribution is 2.46. The molecule has 6 N–H and O–H groups in total. The Hall–Kier alpha value is -3.66. The third kappa shape index (κ3) is 6.84. The van der Waals surface area contributed by atoms with Gasteiger partial charge in [0.1, 0.15) is 11.6 Å². The lowest BCUT2D eigenvalue weighted by atomic mass is 9.75. The summed E-state index contributed by atoms with van der Waals surface area (Å²) in [5.74, 6) is 1.28. The minimum Gasteiger partial charge on any atom is -0.543 e. The van der Waals surface area contributed by atoms with E-state index < -0.39 is 8.32 Å². The molecule has 0 unspecified atom stereocenters. The van der Waals surface area contributed by atoms with Crippen LogP contribution in [0.15, 0.2) is 65.9 Å². The molecule has 1 aliphatic carbocycles. The number of nitrogens with one attached hydrogen (secondary N) is 1. The lowest BCUT2D eigenvalue weighted by Gasteiger charge is -2.39. The highest BCUT2D eigenvalue weighted by molar-refractivity contribution is 6.74. The van der Waals surface area contributed by atoms with Crippen molar-refractivity contribution in [1.29, 1.82) is 0 Å². The molecule has 0 spiro atoms. The first-order valence-corrected chi connectivity index (χ1v) is 19.8. The zero-order valence-corrected chi connectivity index (χ0v) is 30.7. The molecule has 1 saturated carbocycles. The summed E-state index contributed by atoms with van der Waals surface area (Å²) in [5, 5.41) is 18.3. The summed E-state index contributed by atoms with van der Waals surface area (Å²) in [6.07, 6.45) is 7.12. The van der Waals surface area contributed by atoms with Crippen molar-refractivity contribution in [3.8, 4) is 16.9 Å². The molecule has 47 heavy (non-hydrogen) atoms. The number of hydrogen-bond acceptors (Lipinski definition) is 6. The summed E-state index contributed by atoms with van der Waals surface area (Å²) in [7, 11) is -1.99. The van der Waals surface area contributed by atoms with Gasteiger partial charge in [0, 0.05) is 35.4 Å². The molecule has 4 aromatic rings. The Morgan fingerprint density at radius 2 is 1.87 bits per heavy atom. The van der Waals surface area contributed by atoms with Crippen molar-refractivity contribution in [2.75, 3.05) is 11.9 Å². The van der Waals surface area contributed by atoms with Crippen LogP contribution in [0, 0.1) is 5.41 Å². The number of rotatable bonds is 10. The Labute approximate surface area is 281 Å². The van der Waals surface area contributed by atoms with E-state index in [2.05, 4.69) is 91.1 Å². The van der Waals surface area contributed by atoms with E-state index in [4.69, 9.17) is 26.0 Å². The van der Waals surface area contributed by atoms with Gasteiger partial charge in [-0.05, 0) is 91.7 Å². The van der Waals surface area contributed by atoms with Gasteiger partial charge in [-0.25, -0.2) is 9.51 Å². The Morgan fingerprint density at radius 3 is 2.51 bits per heavy atom. The van der Waals surface area contributed by atoms with Crippen molar-refractivity contribution in [3.05, 3.63) is 77.6 Å². The van der Waals surface area contributed by atoms with Crippen molar-refractivity contribution in [2.45, 2.75) is 104 Å². The second-order valence-electron chi connectivity index (χ2n) is 15.5. The zero-order chi connectivity index (χ0) is 34.4. The summed E-state index contributed by atoms with van der Waals surface area (Å²) in [6, 6.07) is 16.7. The average molecular weight is 655 g/mol. The fraction of sp³-hybridized carbons (Fsp3) is 0.474. The van der Waals surface area contributed by atoms with Gasteiger partial charge in [-0.15, -0.1) is 0 Å². The van der Waals surface area contributed by atoms with Crippen LogP contribution in [0.5, 0.6) is 5.75 Å². The topological polar surface area (TPSA) is 123 Å². The van der Waals surface area contributed by atoms with Gasteiger partial charge in [-0.1, -0.05) is 65.8 Å². The van der Waals surface area contributed by atoms with E-state index in [1.165, 1.54) is 0 Å². The standard InChI is InChI=1S/C38H54N6O2Si/c1-10-26-21-29(46-47(8,9)36(2,3)4)14-15-31(26)42-35(39)30-23-41-44-24-28(27-13-11-12-25(20-27)17-19-45)22-32(44)34(30)43-33-16-18-38(7,40)37(33,5)6/h11-15,20-24,33,43,45H,10,16-19,40H2,1-9H3,(H2,39,42)/t33-,38+/m1/s1. The number of anilines is 1. The van der Waals surface area contributed by atoms with Crippen LogP contribution in [0.4, 0.5) is 11.4 Å². The van der Waals surface area contributed by atoms with Gasteiger partial charge in [-0.2, -0.15) is 5.10 Å². The Bertz CT molecular complexity index is 1780. The summed E-state index contributed by atoms with van der Waals surface area (Å²) < 4.78 is 8.51. The second-order valence-corrected chi connectivity index (χ2v) is 20.3. The van der Waals surface area contributed by atoms with Gasteiger partial charge in [0.15, 0.2) is 0 Å². The molecule has 0 bridgehead atoms. The minimum absolute atomic E-state index is 0.103. The quantitative estimate of drug-likeness (QED) is 0.0785. The van der Waals surface area contributed by atoms with Gasteiger partial charge >= 0.3 is 0 Å². The number of aliphatic hydroxyl groups is 1. The lowest BCUT2D eigenvalue weighted by molar-refractivity contribution is 0.215. The third-order valence-electron chi connectivity index (χ3n) is 11.0. The fourth-order valence-electron chi connectivity index (χ4n) is 6.20. The Kier molecular flexibility index (Phi) is 9.40. The number of nitrogens with two attached hydrogens (primary N) is 2. The van der Waals surface area contributed by atoms with E-state index in [1.54, 1.807) is 0 Å². The first-order valence-electron chi connectivity index (χ1n) is 16.9. The number of benzene rings is 2. The largest absolute Gasteiger partial charge is 0.543 e. The van der Waals surface area contributed by atoms with Crippen molar-refractivity contribution in [3.63, 3.8) is 0 Å². The number of aliphatic hydroxyl groups excluding tert-OH is 1. The molecule has 2 heterocycles. The molecule has 1 fully saturated rings. The average Bonchev–Trinajstić information content (AvgIpc) is 3.52. The van der Waals surface area contributed by atoms with Crippen LogP contribution in [-0.4, -0.2) is 47.1 Å². The summed E-state index contributed by atoms with van der Waals surface area (Å²) in [6.45, 7) is 20.1. The minimum atomic E-state index is -1.99. The maximum absolute atomic E-state index is 9.50.